The quantitative estimate of drug-likeness (QED) is 0.136. The standard InChI is InChI=1S/C32H36N2O5S/c1-2-3-4-5-9-27(21-23-11-13-25(14-12-23)31(35)33-19-20-40(37)38)32(36)34-28-17-15-24(16-18-28)30-22-26-8-6-7-10-29(26)39-30/h6-8,10-18,22,27H,2-5,9,19-21H2,1H3,(H,33,35)(H,34,36)(H,37,38)/p-1. The number of carbonyl (C=O) groups is 2. The van der Waals surface area contributed by atoms with Crippen LogP contribution in [0.3, 0.4) is 0 Å². The van der Waals surface area contributed by atoms with E-state index in [4.69, 9.17) is 4.42 Å². The molecule has 7 nitrogen and oxygen atoms in total. The molecule has 0 fully saturated rings. The Hall–Kier alpha value is -3.75. The molecule has 2 atom stereocenters. The van der Waals surface area contributed by atoms with Gasteiger partial charge in [-0.3, -0.25) is 13.8 Å². The molecule has 0 spiro atoms. The molecule has 1 heterocycles. The minimum atomic E-state index is -2.19. The first kappa shape index (κ1) is 29.2. The third-order valence-corrected chi connectivity index (χ3v) is 7.43. The van der Waals surface area contributed by atoms with Gasteiger partial charge in [0.05, 0.1) is 0 Å². The van der Waals surface area contributed by atoms with Crippen LogP contribution >= 0.6 is 0 Å². The lowest BCUT2D eigenvalue weighted by molar-refractivity contribution is -0.120. The predicted molar refractivity (Wildman–Crippen MR) is 159 cm³/mol. The minimum absolute atomic E-state index is 0.0274. The molecule has 0 saturated carbocycles. The second-order valence-electron chi connectivity index (χ2n) is 9.93. The van der Waals surface area contributed by atoms with Gasteiger partial charge < -0.3 is 19.6 Å². The van der Waals surface area contributed by atoms with E-state index in [1.807, 2.05) is 66.7 Å². The van der Waals surface area contributed by atoms with Crippen molar-refractivity contribution >= 4 is 39.6 Å². The monoisotopic (exact) mass is 559 g/mol. The highest BCUT2D eigenvalue weighted by molar-refractivity contribution is 7.79. The number of para-hydroxylation sites is 1. The summed E-state index contributed by atoms with van der Waals surface area (Å²) in [5, 5.41) is 6.73. The summed E-state index contributed by atoms with van der Waals surface area (Å²) in [5.74, 6) is 0.0998. The van der Waals surface area contributed by atoms with E-state index in [1.165, 1.54) is 0 Å². The number of nitrogens with one attached hydrogen (secondary N) is 2. The van der Waals surface area contributed by atoms with E-state index in [9.17, 15) is 18.4 Å². The topological polar surface area (TPSA) is 111 Å². The third kappa shape index (κ3) is 8.37. The van der Waals surface area contributed by atoms with Crippen LogP contribution in [0.4, 0.5) is 5.69 Å². The Morgan fingerprint density at radius 3 is 2.40 bits per heavy atom. The van der Waals surface area contributed by atoms with Crippen LogP contribution in [0.2, 0.25) is 0 Å². The zero-order chi connectivity index (χ0) is 28.3. The third-order valence-electron chi connectivity index (χ3n) is 6.89. The molecule has 2 unspecified atom stereocenters. The van der Waals surface area contributed by atoms with Gasteiger partial charge >= 0.3 is 0 Å². The molecule has 0 bridgehead atoms. The second kappa shape index (κ2) is 14.6. The zero-order valence-corrected chi connectivity index (χ0v) is 23.5. The molecule has 4 aromatic rings. The number of rotatable bonds is 14. The van der Waals surface area contributed by atoms with Crippen LogP contribution in [-0.4, -0.2) is 32.9 Å². The molecule has 0 saturated heterocycles. The van der Waals surface area contributed by atoms with E-state index >= 15 is 0 Å². The first-order valence-corrected chi connectivity index (χ1v) is 15.0. The molecular formula is C32H35N2O5S-. The Morgan fingerprint density at radius 2 is 1.70 bits per heavy atom. The van der Waals surface area contributed by atoms with E-state index in [0.29, 0.717) is 12.0 Å². The maximum Gasteiger partial charge on any atom is 0.251 e. The van der Waals surface area contributed by atoms with Crippen LogP contribution in [0.15, 0.2) is 83.3 Å². The Balaban J connectivity index is 1.39. The number of benzene rings is 3. The molecule has 2 amide bonds. The highest BCUT2D eigenvalue weighted by atomic mass is 32.2. The smallest absolute Gasteiger partial charge is 0.251 e. The number of carbonyl (C=O) groups excluding carboxylic acids is 2. The van der Waals surface area contributed by atoms with Crippen molar-refractivity contribution in [3.05, 3.63) is 90.0 Å². The maximum atomic E-state index is 13.4. The van der Waals surface area contributed by atoms with Gasteiger partial charge in [0, 0.05) is 40.4 Å². The van der Waals surface area contributed by atoms with Crippen molar-refractivity contribution in [2.75, 3.05) is 17.6 Å². The first-order chi connectivity index (χ1) is 19.4. The lowest BCUT2D eigenvalue weighted by atomic mass is 9.92. The SMILES string of the molecule is CCCCCCC(Cc1ccc(C(=O)NCCS(=O)[O-])cc1)C(=O)Nc1ccc(-c2cc3ccccc3o2)cc1. The summed E-state index contributed by atoms with van der Waals surface area (Å²) < 4.78 is 27.3. The van der Waals surface area contributed by atoms with Gasteiger partial charge in [0.15, 0.2) is 0 Å². The van der Waals surface area contributed by atoms with E-state index in [1.54, 1.807) is 12.1 Å². The van der Waals surface area contributed by atoms with E-state index in [0.717, 1.165) is 65.6 Å². The molecule has 2 N–H and O–H groups in total. The molecule has 0 aliphatic carbocycles. The van der Waals surface area contributed by atoms with Gasteiger partial charge in [0.25, 0.3) is 5.91 Å². The van der Waals surface area contributed by atoms with E-state index in [-0.39, 0.29) is 30.0 Å². The van der Waals surface area contributed by atoms with Crippen molar-refractivity contribution < 1.29 is 22.8 Å². The van der Waals surface area contributed by atoms with Gasteiger partial charge in [-0.2, -0.15) is 0 Å². The van der Waals surface area contributed by atoms with E-state index in [2.05, 4.69) is 17.6 Å². The van der Waals surface area contributed by atoms with Gasteiger partial charge in [0.2, 0.25) is 5.91 Å². The number of hydrogen-bond acceptors (Lipinski definition) is 5. The Labute approximate surface area is 237 Å². The van der Waals surface area contributed by atoms with Crippen molar-refractivity contribution in [3.8, 4) is 11.3 Å². The van der Waals surface area contributed by atoms with Crippen molar-refractivity contribution in [2.45, 2.75) is 45.4 Å². The normalized spacial score (nSPS) is 12.7. The largest absolute Gasteiger partial charge is 0.772 e. The molecule has 40 heavy (non-hydrogen) atoms. The summed E-state index contributed by atoms with van der Waals surface area (Å²) in [6.45, 7) is 2.23. The summed E-state index contributed by atoms with van der Waals surface area (Å²) in [4.78, 5) is 25.6. The fraction of sp³-hybridized carbons (Fsp3) is 0.312. The summed E-state index contributed by atoms with van der Waals surface area (Å²) in [5.41, 5.74) is 3.93. The van der Waals surface area contributed by atoms with Crippen LogP contribution in [0, 0.1) is 5.92 Å². The molecule has 0 aliphatic rings. The Kier molecular flexibility index (Phi) is 10.7. The molecule has 4 rings (SSSR count). The van der Waals surface area contributed by atoms with Gasteiger partial charge in [-0.1, -0.05) is 74.0 Å². The highest BCUT2D eigenvalue weighted by Crippen LogP contribution is 2.29. The van der Waals surface area contributed by atoms with Crippen LogP contribution in [0.1, 0.15) is 54.9 Å². The average Bonchev–Trinajstić information content (AvgIpc) is 3.39. The highest BCUT2D eigenvalue weighted by Gasteiger charge is 2.20. The Morgan fingerprint density at radius 1 is 0.950 bits per heavy atom. The average molecular weight is 560 g/mol. The van der Waals surface area contributed by atoms with Crippen molar-refractivity contribution in [3.63, 3.8) is 0 Å². The zero-order valence-electron chi connectivity index (χ0n) is 22.7. The number of hydrogen-bond donors (Lipinski definition) is 2. The van der Waals surface area contributed by atoms with Crippen LogP contribution in [-0.2, 0) is 22.3 Å². The number of unbranched alkanes of at least 4 members (excludes halogenated alkanes) is 3. The maximum absolute atomic E-state index is 13.4. The summed E-state index contributed by atoms with van der Waals surface area (Å²) in [7, 11) is 0. The summed E-state index contributed by atoms with van der Waals surface area (Å²) in [6.07, 6.45) is 5.66. The van der Waals surface area contributed by atoms with Gasteiger partial charge in [-0.25, -0.2) is 0 Å². The molecule has 0 aliphatic heterocycles. The van der Waals surface area contributed by atoms with Crippen molar-refractivity contribution in [2.24, 2.45) is 5.92 Å². The van der Waals surface area contributed by atoms with E-state index < -0.39 is 11.1 Å². The lowest BCUT2D eigenvalue weighted by Crippen LogP contribution is -2.27. The van der Waals surface area contributed by atoms with Crippen molar-refractivity contribution in [1.82, 2.24) is 5.32 Å². The lowest BCUT2D eigenvalue weighted by Gasteiger charge is -2.17. The fourth-order valence-corrected chi connectivity index (χ4v) is 4.93. The van der Waals surface area contributed by atoms with Crippen LogP contribution < -0.4 is 10.6 Å². The molecule has 0 radical (unpaired) electrons. The summed E-state index contributed by atoms with van der Waals surface area (Å²) in [6, 6.07) is 24.7. The summed E-state index contributed by atoms with van der Waals surface area (Å²) >= 11 is -2.19. The number of furan rings is 1. The number of fused-ring (bicyclic) bond motifs is 1. The van der Waals surface area contributed by atoms with Crippen LogP contribution in [0.5, 0.6) is 0 Å². The molecule has 210 valence electrons. The molecule has 8 heteroatoms. The molecule has 1 aromatic heterocycles. The second-order valence-corrected chi connectivity index (χ2v) is 10.9. The Bertz CT molecular complexity index is 1400. The number of anilines is 1. The fourth-order valence-electron chi connectivity index (χ4n) is 4.66. The minimum Gasteiger partial charge on any atom is -0.772 e. The van der Waals surface area contributed by atoms with Crippen LogP contribution in [0.25, 0.3) is 22.3 Å². The number of amides is 2. The van der Waals surface area contributed by atoms with Gasteiger partial charge in [0.1, 0.15) is 11.3 Å². The van der Waals surface area contributed by atoms with Crippen molar-refractivity contribution in [1.29, 1.82) is 0 Å². The molecular weight excluding hydrogens is 524 g/mol. The molecule has 3 aromatic carbocycles. The predicted octanol–water partition coefficient (Wildman–Crippen LogP) is 6.48. The van der Waals surface area contributed by atoms with Gasteiger partial charge in [-0.05, 0) is 66.9 Å². The van der Waals surface area contributed by atoms with Gasteiger partial charge in [-0.15, -0.1) is 0 Å². The first-order valence-electron chi connectivity index (χ1n) is 13.8.